The Balaban J connectivity index is 2.40. The lowest BCUT2D eigenvalue weighted by Crippen LogP contribution is -2.32. The molecule has 3 rings (SSSR count). The lowest BCUT2D eigenvalue weighted by Gasteiger charge is -2.33. The molecule has 1 heterocycles. The number of hydrogen-bond acceptors (Lipinski definition) is 4. The van der Waals surface area contributed by atoms with E-state index in [4.69, 9.17) is 37.7 Å². The first-order valence-electron chi connectivity index (χ1n) is 10.4. The van der Waals surface area contributed by atoms with Crippen molar-refractivity contribution >= 4 is 34.1 Å². The largest absolute Gasteiger partial charge is 0.366 e. The van der Waals surface area contributed by atoms with Crippen LogP contribution in [0.5, 0.6) is 0 Å². The molecule has 6 heteroatoms. The summed E-state index contributed by atoms with van der Waals surface area (Å²) in [5.41, 5.74) is 4.66. The van der Waals surface area contributed by atoms with Crippen LogP contribution in [0.1, 0.15) is 50.6 Å². The number of halogens is 2. The molecule has 0 saturated carbocycles. The molecule has 31 heavy (non-hydrogen) atoms. The van der Waals surface area contributed by atoms with Crippen LogP contribution < -0.4 is 0 Å². The number of aromatic nitrogens is 1. The highest BCUT2D eigenvalue weighted by atomic mass is 35.5. The van der Waals surface area contributed by atoms with Crippen LogP contribution in [0, 0.1) is 13.8 Å². The van der Waals surface area contributed by atoms with E-state index in [1.807, 2.05) is 65.8 Å². The number of fused-ring (bicyclic) bond motifs is 1. The first kappa shape index (κ1) is 24.0. The van der Waals surface area contributed by atoms with E-state index in [-0.39, 0.29) is 0 Å². The van der Waals surface area contributed by atoms with Crippen LogP contribution in [0.15, 0.2) is 36.4 Å². The van der Waals surface area contributed by atoms with Gasteiger partial charge in [-0.25, -0.2) is 0 Å². The van der Waals surface area contributed by atoms with Gasteiger partial charge in [-0.15, -0.1) is 0 Å². The Hall–Kier alpha value is -1.69. The van der Waals surface area contributed by atoms with Gasteiger partial charge in [0.1, 0.15) is 6.10 Å². The molecule has 0 saturated heterocycles. The summed E-state index contributed by atoms with van der Waals surface area (Å²) in [6, 6.07) is 11.4. The van der Waals surface area contributed by atoms with E-state index in [9.17, 15) is 5.11 Å². The molecule has 1 aromatic heterocycles. The van der Waals surface area contributed by atoms with Crippen LogP contribution in [-0.4, -0.2) is 28.6 Å². The van der Waals surface area contributed by atoms with E-state index >= 15 is 0 Å². The van der Waals surface area contributed by atoms with Crippen molar-refractivity contribution < 1.29 is 14.6 Å². The Kier molecular flexibility index (Phi) is 7.29. The number of aliphatic hydroxyl groups is 1. The normalized spacial score (nSPS) is 14.1. The Morgan fingerprint density at radius 2 is 1.77 bits per heavy atom. The number of ether oxygens (including phenoxy) is 2. The molecule has 0 spiro atoms. The third-order valence-electron chi connectivity index (χ3n) is 4.94. The van der Waals surface area contributed by atoms with Gasteiger partial charge in [-0.2, -0.15) is 0 Å². The summed E-state index contributed by atoms with van der Waals surface area (Å²) in [6.45, 7) is 12.0. The maximum atomic E-state index is 10.9. The first-order valence-corrected chi connectivity index (χ1v) is 11.1. The quantitative estimate of drug-likeness (QED) is 0.400. The Morgan fingerprint density at radius 1 is 1.06 bits per heavy atom. The number of nitrogens with zero attached hydrogens (tertiary/aromatic N) is 1. The Bertz CT molecular complexity index is 1090. The van der Waals surface area contributed by atoms with Crippen molar-refractivity contribution in [1.29, 1.82) is 0 Å². The zero-order valence-electron chi connectivity index (χ0n) is 18.8. The second-order valence-corrected chi connectivity index (χ2v) is 9.47. The van der Waals surface area contributed by atoms with Crippen LogP contribution >= 0.6 is 23.2 Å². The highest BCUT2D eigenvalue weighted by molar-refractivity contribution is 6.36. The average Bonchev–Trinajstić information content (AvgIpc) is 2.65. The lowest BCUT2D eigenvalue weighted by atomic mass is 9.88. The smallest absolute Gasteiger partial charge is 0.185 e. The molecule has 2 aromatic carbocycles. The number of pyridine rings is 1. The van der Waals surface area contributed by atoms with Crippen LogP contribution in [0.25, 0.3) is 22.0 Å². The molecule has 3 aromatic rings. The van der Waals surface area contributed by atoms with Gasteiger partial charge in [-0.3, -0.25) is 4.98 Å². The van der Waals surface area contributed by atoms with Gasteiger partial charge in [0.05, 0.1) is 11.1 Å². The van der Waals surface area contributed by atoms with Gasteiger partial charge >= 0.3 is 0 Å². The fraction of sp³-hybridized carbons (Fsp3) is 0.400. The van der Waals surface area contributed by atoms with Crippen molar-refractivity contribution in [3.05, 3.63) is 63.3 Å². The summed E-state index contributed by atoms with van der Waals surface area (Å²) in [5, 5.41) is 12.9. The number of aliphatic hydroxyl groups excluding tert-OH is 1. The van der Waals surface area contributed by atoms with E-state index < -0.39 is 18.0 Å². The summed E-state index contributed by atoms with van der Waals surface area (Å²) >= 11 is 12.8. The SMILES string of the molecule is CCOC(O)C(OC(C)(C)C)c1c(C)cc2nc(C)ccc2c1-c1ccc(Cl)cc1Cl. The predicted molar refractivity (Wildman–Crippen MR) is 128 cm³/mol. The molecule has 2 atom stereocenters. The summed E-state index contributed by atoms with van der Waals surface area (Å²) in [4.78, 5) is 4.72. The van der Waals surface area contributed by atoms with Crippen molar-refractivity contribution in [1.82, 2.24) is 4.98 Å². The maximum Gasteiger partial charge on any atom is 0.185 e. The fourth-order valence-corrected chi connectivity index (χ4v) is 4.27. The fourth-order valence-electron chi connectivity index (χ4n) is 3.77. The van der Waals surface area contributed by atoms with E-state index in [1.54, 1.807) is 12.1 Å². The van der Waals surface area contributed by atoms with Crippen LogP contribution in [0.3, 0.4) is 0 Å². The highest BCUT2D eigenvalue weighted by Crippen LogP contribution is 2.44. The molecule has 166 valence electrons. The molecule has 0 radical (unpaired) electrons. The minimum Gasteiger partial charge on any atom is -0.366 e. The van der Waals surface area contributed by atoms with Crippen LogP contribution in [0.2, 0.25) is 10.0 Å². The zero-order valence-corrected chi connectivity index (χ0v) is 20.3. The third kappa shape index (κ3) is 5.39. The number of rotatable bonds is 6. The summed E-state index contributed by atoms with van der Waals surface area (Å²) in [6.07, 6.45) is -1.88. The molecule has 2 unspecified atom stereocenters. The van der Waals surface area contributed by atoms with E-state index in [1.165, 1.54) is 0 Å². The van der Waals surface area contributed by atoms with Gasteiger partial charge in [-0.05, 0) is 82.5 Å². The average molecular weight is 462 g/mol. The molecule has 4 nitrogen and oxygen atoms in total. The Morgan fingerprint density at radius 3 is 2.39 bits per heavy atom. The van der Waals surface area contributed by atoms with Crippen molar-refractivity contribution in [3.8, 4) is 11.1 Å². The van der Waals surface area contributed by atoms with Gasteiger partial charge < -0.3 is 14.6 Å². The summed E-state index contributed by atoms with van der Waals surface area (Å²) in [5.74, 6) is 0. The van der Waals surface area contributed by atoms with Crippen molar-refractivity contribution in [2.75, 3.05) is 6.61 Å². The third-order valence-corrected chi connectivity index (χ3v) is 5.49. The number of benzene rings is 2. The summed E-state index contributed by atoms with van der Waals surface area (Å²) in [7, 11) is 0. The standard InChI is InChI=1S/C25H29Cl2NO3/c1-7-30-24(29)23(31-25(4,5)6)21-14(2)12-20-18(10-8-15(3)28-20)22(21)17-11-9-16(26)13-19(17)27/h8-13,23-24,29H,7H2,1-6H3. The van der Waals surface area contributed by atoms with Gasteiger partial charge in [0.25, 0.3) is 0 Å². The molecule has 0 bridgehead atoms. The van der Waals surface area contributed by atoms with E-state index in [0.717, 1.165) is 38.9 Å². The monoisotopic (exact) mass is 461 g/mol. The highest BCUT2D eigenvalue weighted by Gasteiger charge is 2.32. The number of aryl methyl sites for hydroxylation is 2. The minimum atomic E-state index is -1.15. The minimum absolute atomic E-state index is 0.357. The lowest BCUT2D eigenvalue weighted by molar-refractivity contribution is -0.207. The summed E-state index contributed by atoms with van der Waals surface area (Å²) < 4.78 is 11.9. The molecule has 1 N–H and O–H groups in total. The molecule has 0 aliphatic carbocycles. The second-order valence-electron chi connectivity index (χ2n) is 8.62. The second kappa shape index (κ2) is 9.43. The molecular weight excluding hydrogens is 433 g/mol. The van der Waals surface area contributed by atoms with Crippen LogP contribution in [0.4, 0.5) is 0 Å². The predicted octanol–water partition coefficient (Wildman–Crippen LogP) is 7.04. The van der Waals surface area contributed by atoms with Crippen molar-refractivity contribution in [2.24, 2.45) is 0 Å². The van der Waals surface area contributed by atoms with Crippen molar-refractivity contribution in [3.63, 3.8) is 0 Å². The van der Waals surface area contributed by atoms with Crippen molar-refractivity contribution in [2.45, 2.75) is 59.5 Å². The Labute approximate surface area is 194 Å². The zero-order chi connectivity index (χ0) is 22.9. The molecule has 0 fully saturated rings. The molecule has 0 aliphatic rings. The van der Waals surface area contributed by atoms with Gasteiger partial charge in [0.15, 0.2) is 6.29 Å². The van der Waals surface area contributed by atoms with Gasteiger partial charge in [-0.1, -0.05) is 35.3 Å². The number of hydrogen-bond donors (Lipinski definition) is 1. The molecule has 0 aliphatic heterocycles. The topological polar surface area (TPSA) is 51.6 Å². The van der Waals surface area contributed by atoms with Gasteiger partial charge in [0.2, 0.25) is 0 Å². The molecule has 0 amide bonds. The van der Waals surface area contributed by atoms with E-state index in [0.29, 0.717) is 16.7 Å². The first-order chi connectivity index (χ1) is 14.5. The van der Waals surface area contributed by atoms with Gasteiger partial charge in [0, 0.05) is 33.3 Å². The maximum absolute atomic E-state index is 10.9. The molecular formula is C25H29Cl2NO3. The van der Waals surface area contributed by atoms with E-state index in [2.05, 4.69) is 0 Å². The van der Waals surface area contributed by atoms with Crippen LogP contribution in [-0.2, 0) is 9.47 Å².